The Balaban J connectivity index is 2.13. The number of piperidine rings is 1. The van der Waals surface area contributed by atoms with Crippen molar-refractivity contribution in [3.63, 3.8) is 0 Å². The van der Waals surface area contributed by atoms with E-state index in [0.717, 1.165) is 23.7 Å². The average Bonchev–Trinajstić information content (AvgIpc) is 2.42. The Kier molecular flexibility index (Phi) is 5.42. The Hall–Kier alpha value is -0.630. The maximum atomic E-state index is 12.5. The lowest BCUT2D eigenvalue weighted by molar-refractivity contribution is 0.250. The highest BCUT2D eigenvalue weighted by molar-refractivity contribution is 9.10. The second-order valence-electron chi connectivity index (χ2n) is 4.93. The molecule has 1 heterocycles. The number of nitrogens with zero attached hydrogens (tertiary/aromatic N) is 1. The van der Waals surface area contributed by atoms with Gasteiger partial charge in [0.05, 0.1) is 0 Å². The van der Waals surface area contributed by atoms with Crippen molar-refractivity contribution < 1.29 is 8.42 Å². The normalized spacial score (nSPS) is 20.8. The van der Waals surface area contributed by atoms with Crippen LogP contribution in [-0.2, 0) is 10.2 Å². The molecule has 1 atom stereocenters. The van der Waals surface area contributed by atoms with E-state index in [-0.39, 0.29) is 6.04 Å². The van der Waals surface area contributed by atoms with Crippen LogP contribution in [0.5, 0.6) is 0 Å². The monoisotopic (exact) mass is 361 g/mol. The Morgan fingerprint density at radius 3 is 2.65 bits per heavy atom. The predicted molar refractivity (Wildman–Crippen MR) is 85.0 cm³/mol. The van der Waals surface area contributed by atoms with Gasteiger partial charge >= 0.3 is 10.2 Å². The summed E-state index contributed by atoms with van der Waals surface area (Å²) in [6.07, 6.45) is 2.90. The van der Waals surface area contributed by atoms with Crippen molar-refractivity contribution in [2.45, 2.75) is 25.3 Å². The molecule has 1 aromatic rings. The summed E-state index contributed by atoms with van der Waals surface area (Å²) < 4.78 is 30.2. The van der Waals surface area contributed by atoms with Crippen LogP contribution in [0.2, 0.25) is 0 Å². The van der Waals surface area contributed by atoms with Crippen LogP contribution in [0.15, 0.2) is 28.7 Å². The second-order valence-corrected chi connectivity index (χ2v) is 7.47. The van der Waals surface area contributed by atoms with Gasteiger partial charge in [0, 0.05) is 29.3 Å². The highest BCUT2D eigenvalue weighted by Crippen LogP contribution is 2.22. The summed E-state index contributed by atoms with van der Waals surface area (Å²) in [7, 11) is -1.64. The standard InChI is InChI=1S/C13H20BrN3O2S/c1-15-10-13-4-2-3-9-17(13)20(18,19)16-12-7-5-11(14)6-8-12/h5-8,13,15-16H,2-4,9-10H2,1H3. The Labute approximate surface area is 129 Å². The first-order chi connectivity index (χ1) is 9.53. The van der Waals surface area contributed by atoms with Crippen molar-refractivity contribution in [1.29, 1.82) is 0 Å². The van der Waals surface area contributed by atoms with Crippen LogP contribution < -0.4 is 10.0 Å². The van der Waals surface area contributed by atoms with Crippen LogP contribution in [0, 0.1) is 0 Å². The summed E-state index contributed by atoms with van der Waals surface area (Å²) >= 11 is 3.34. The molecule has 1 saturated heterocycles. The van der Waals surface area contributed by atoms with Crippen molar-refractivity contribution in [3.8, 4) is 0 Å². The first-order valence-corrected chi connectivity index (χ1v) is 8.96. The summed E-state index contributed by atoms with van der Waals surface area (Å²) in [6.45, 7) is 1.26. The molecule has 0 bridgehead atoms. The fraction of sp³-hybridized carbons (Fsp3) is 0.538. The number of anilines is 1. The van der Waals surface area contributed by atoms with Gasteiger partial charge in [-0.15, -0.1) is 0 Å². The summed E-state index contributed by atoms with van der Waals surface area (Å²) in [5.41, 5.74) is 0.585. The SMILES string of the molecule is CNCC1CCCCN1S(=O)(=O)Nc1ccc(Br)cc1. The van der Waals surface area contributed by atoms with Gasteiger partial charge in [-0.25, -0.2) is 0 Å². The van der Waals surface area contributed by atoms with E-state index in [9.17, 15) is 8.42 Å². The smallest absolute Gasteiger partial charge is 0.301 e. The molecule has 20 heavy (non-hydrogen) atoms. The van der Waals surface area contributed by atoms with Gasteiger partial charge in [-0.2, -0.15) is 12.7 Å². The van der Waals surface area contributed by atoms with Gasteiger partial charge < -0.3 is 5.32 Å². The minimum absolute atomic E-state index is 0.0294. The Morgan fingerprint density at radius 1 is 1.30 bits per heavy atom. The van der Waals surface area contributed by atoms with E-state index >= 15 is 0 Å². The fourth-order valence-corrected chi connectivity index (χ4v) is 4.21. The molecule has 1 aliphatic heterocycles. The summed E-state index contributed by atoms with van der Waals surface area (Å²) in [4.78, 5) is 0. The zero-order valence-corrected chi connectivity index (χ0v) is 13.9. The molecule has 1 unspecified atom stereocenters. The summed E-state index contributed by atoms with van der Waals surface area (Å²) in [5, 5.41) is 3.07. The zero-order chi connectivity index (χ0) is 14.6. The van der Waals surface area contributed by atoms with Gasteiger partial charge in [-0.1, -0.05) is 22.4 Å². The maximum absolute atomic E-state index is 12.5. The number of nitrogens with one attached hydrogen (secondary N) is 2. The number of benzene rings is 1. The van der Waals surface area contributed by atoms with E-state index in [0.29, 0.717) is 18.8 Å². The van der Waals surface area contributed by atoms with E-state index in [2.05, 4.69) is 26.0 Å². The van der Waals surface area contributed by atoms with Gasteiger partial charge in [0.1, 0.15) is 0 Å². The lowest BCUT2D eigenvalue weighted by Crippen LogP contribution is -2.49. The van der Waals surface area contributed by atoms with Crippen molar-refractivity contribution in [1.82, 2.24) is 9.62 Å². The van der Waals surface area contributed by atoms with E-state index in [1.807, 2.05) is 19.2 Å². The molecule has 0 saturated carbocycles. The zero-order valence-electron chi connectivity index (χ0n) is 11.5. The molecular weight excluding hydrogens is 342 g/mol. The molecule has 0 aliphatic carbocycles. The van der Waals surface area contributed by atoms with E-state index < -0.39 is 10.2 Å². The maximum Gasteiger partial charge on any atom is 0.301 e. The van der Waals surface area contributed by atoms with Crippen LogP contribution in [0.4, 0.5) is 5.69 Å². The number of rotatable bonds is 5. The molecule has 5 nitrogen and oxygen atoms in total. The number of hydrogen-bond acceptors (Lipinski definition) is 3. The van der Waals surface area contributed by atoms with Crippen LogP contribution in [0.3, 0.4) is 0 Å². The molecular formula is C13H20BrN3O2S. The quantitative estimate of drug-likeness (QED) is 0.844. The fourth-order valence-electron chi connectivity index (χ4n) is 2.46. The molecule has 0 spiro atoms. The molecule has 0 aromatic heterocycles. The first-order valence-electron chi connectivity index (χ1n) is 6.72. The molecule has 0 radical (unpaired) electrons. The summed E-state index contributed by atoms with van der Waals surface area (Å²) in [5.74, 6) is 0. The van der Waals surface area contributed by atoms with Gasteiger partial charge in [0.15, 0.2) is 0 Å². The third kappa shape index (κ3) is 3.94. The average molecular weight is 362 g/mol. The molecule has 7 heteroatoms. The highest BCUT2D eigenvalue weighted by atomic mass is 79.9. The lowest BCUT2D eigenvalue weighted by atomic mass is 10.1. The van der Waals surface area contributed by atoms with Crippen molar-refractivity contribution in [2.75, 3.05) is 24.9 Å². The molecule has 1 aliphatic rings. The topological polar surface area (TPSA) is 61.4 Å². The van der Waals surface area contributed by atoms with E-state index in [4.69, 9.17) is 0 Å². The molecule has 1 fully saturated rings. The number of likely N-dealkylation sites (N-methyl/N-ethyl adjacent to an activating group) is 1. The van der Waals surface area contributed by atoms with Gasteiger partial charge in [-0.3, -0.25) is 4.72 Å². The number of hydrogen-bond donors (Lipinski definition) is 2. The molecule has 0 amide bonds. The van der Waals surface area contributed by atoms with Crippen LogP contribution >= 0.6 is 15.9 Å². The number of halogens is 1. The first kappa shape index (κ1) is 15.8. The Morgan fingerprint density at radius 2 is 2.00 bits per heavy atom. The van der Waals surface area contributed by atoms with Gasteiger partial charge in [0.2, 0.25) is 0 Å². The third-order valence-corrected chi connectivity index (χ3v) is 5.53. The third-order valence-electron chi connectivity index (χ3n) is 3.41. The molecule has 112 valence electrons. The van der Waals surface area contributed by atoms with E-state index in [1.165, 1.54) is 0 Å². The van der Waals surface area contributed by atoms with Gasteiger partial charge in [0.25, 0.3) is 0 Å². The second kappa shape index (κ2) is 6.89. The van der Waals surface area contributed by atoms with Crippen molar-refractivity contribution in [3.05, 3.63) is 28.7 Å². The van der Waals surface area contributed by atoms with Crippen LogP contribution in [0.25, 0.3) is 0 Å². The van der Waals surface area contributed by atoms with Crippen LogP contribution in [-0.4, -0.2) is 38.9 Å². The van der Waals surface area contributed by atoms with E-state index in [1.54, 1.807) is 16.4 Å². The van der Waals surface area contributed by atoms with Crippen molar-refractivity contribution in [2.24, 2.45) is 0 Å². The summed E-state index contributed by atoms with van der Waals surface area (Å²) in [6, 6.07) is 7.16. The lowest BCUT2D eigenvalue weighted by Gasteiger charge is -2.34. The van der Waals surface area contributed by atoms with Gasteiger partial charge in [-0.05, 0) is 44.2 Å². The molecule has 1 aromatic carbocycles. The predicted octanol–water partition coefficient (Wildman–Crippen LogP) is 2.18. The largest absolute Gasteiger partial charge is 0.318 e. The molecule has 2 rings (SSSR count). The molecule has 2 N–H and O–H groups in total. The minimum Gasteiger partial charge on any atom is -0.318 e. The minimum atomic E-state index is -3.49. The van der Waals surface area contributed by atoms with Crippen LogP contribution in [0.1, 0.15) is 19.3 Å². The highest BCUT2D eigenvalue weighted by Gasteiger charge is 2.31. The van der Waals surface area contributed by atoms with Crippen molar-refractivity contribution >= 4 is 31.8 Å². The Bertz CT molecular complexity index is 531.